The molecule has 0 aromatic rings. The van der Waals surface area contributed by atoms with Crippen LogP contribution in [0.25, 0.3) is 0 Å². The van der Waals surface area contributed by atoms with E-state index in [1.54, 1.807) is 7.05 Å². The molecule has 0 saturated heterocycles. The average molecular weight is 430 g/mol. The molecular weight excluding hydrogens is 399 g/mol. The highest BCUT2D eigenvalue weighted by Gasteiger charge is 2.05. The summed E-state index contributed by atoms with van der Waals surface area (Å²) >= 11 is 1.87. The van der Waals surface area contributed by atoms with E-state index in [1.165, 1.54) is 12.2 Å². The molecule has 0 fully saturated rings. The highest BCUT2D eigenvalue weighted by Crippen LogP contribution is 1.97. The van der Waals surface area contributed by atoms with E-state index in [2.05, 4.69) is 34.1 Å². The Kier molecular flexibility index (Phi) is 17.8. The molecule has 126 valence electrons. The number of halogens is 1. The van der Waals surface area contributed by atoms with Crippen molar-refractivity contribution in [1.82, 2.24) is 16.0 Å². The maximum Gasteiger partial charge on any atom is 0.221 e. The third kappa shape index (κ3) is 14.5. The minimum atomic E-state index is 0. The number of hydrogen-bond acceptors (Lipinski definition) is 3. The number of nitrogens with zero attached hydrogens (tertiary/aromatic N) is 1. The molecule has 21 heavy (non-hydrogen) atoms. The molecule has 0 aliphatic carbocycles. The van der Waals surface area contributed by atoms with Gasteiger partial charge in [0.25, 0.3) is 0 Å². The molecule has 0 spiro atoms. The SMILES string of the molecule is CCC(C)NC(=O)CCNC(=NC)NCCCCSC.I. The highest BCUT2D eigenvalue weighted by atomic mass is 127. The number of hydrogen-bond donors (Lipinski definition) is 3. The van der Waals surface area contributed by atoms with Crippen LogP contribution in [0.15, 0.2) is 4.99 Å². The van der Waals surface area contributed by atoms with Crippen LogP contribution >= 0.6 is 35.7 Å². The molecule has 0 rings (SSSR count). The normalized spacial score (nSPS) is 12.3. The molecule has 0 bridgehead atoms. The summed E-state index contributed by atoms with van der Waals surface area (Å²) in [5.74, 6) is 2.05. The molecule has 0 aromatic heterocycles. The second-order valence-electron chi connectivity index (χ2n) is 4.75. The Bertz CT molecular complexity index is 290. The van der Waals surface area contributed by atoms with Crippen LogP contribution in [0.1, 0.15) is 39.5 Å². The minimum absolute atomic E-state index is 0. The lowest BCUT2D eigenvalue weighted by Crippen LogP contribution is -2.40. The molecule has 7 heteroatoms. The lowest BCUT2D eigenvalue weighted by molar-refractivity contribution is -0.121. The van der Waals surface area contributed by atoms with E-state index in [1.807, 2.05) is 18.7 Å². The van der Waals surface area contributed by atoms with Crippen molar-refractivity contribution in [2.24, 2.45) is 4.99 Å². The van der Waals surface area contributed by atoms with Gasteiger partial charge < -0.3 is 16.0 Å². The van der Waals surface area contributed by atoms with Gasteiger partial charge in [0, 0.05) is 32.6 Å². The summed E-state index contributed by atoms with van der Waals surface area (Å²) in [6, 6.07) is 0.247. The van der Waals surface area contributed by atoms with Gasteiger partial charge in [-0.2, -0.15) is 11.8 Å². The molecule has 0 aliphatic heterocycles. The molecular formula is C14H31IN4OS. The number of nitrogens with one attached hydrogen (secondary N) is 3. The summed E-state index contributed by atoms with van der Waals surface area (Å²) in [4.78, 5) is 15.7. The fourth-order valence-electron chi connectivity index (χ4n) is 1.54. The monoisotopic (exact) mass is 430 g/mol. The Morgan fingerprint density at radius 1 is 1.24 bits per heavy atom. The second kappa shape index (κ2) is 16.2. The summed E-state index contributed by atoms with van der Waals surface area (Å²) in [7, 11) is 1.75. The number of unbranched alkanes of at least 4 members (excludes halogenated alkanes) is 1. The zero-order valence-corrected chi connectivity index (χ0v) is 16.8. The van der Waals surface area contributed by atoms with Gasteiger partial charge in [-0.25, -0.2) is 0 Å². The molecule has 1 atom stereocenters. The van der Waals surface area contributed by atoms with Gasteiger partial charge in [-0.3, -0.25) is 9.79 Å². The first-order chi connectivity index (χ1) is 9.63. The van der Waals surface area contributed by atoms with Crippen molar-refractivity contribution in [1.29, 1.82) is 0 Å². The Labute approximate surface area is 150 Å². The van der Waals surface area contributed by atoms with Crippen LogP contribution in [0.4, 0.5) is 0 Å². The van der Waals surface area contributed by atoms with Crippen molar-refractivity contribution < 1.29 is 4.79 Å². The Hall–Kier alpha value is -0.180. The molecule has 0 heterocycles. The Morgan fingerprint density at radius 3 is 2.48 bits per heavy atom. The largest absolute Gasteiger partial charge is 0.356 e. The Balaban J connectivity index is 0. The summed E-state index contributed by atoms with van der Waals surface area (Å²) in [6.07, 6.45) is 5.90. The van der Waals surface area contributed by atoms with E-state index in [0.717, 1.165) is 25.3 Å². The molecule has 0 radical (unpaired) electrons. The number of thioether (sulfide) groups is 1. The van der Waals surface area contributed by atoms with E-state index in [4.69, 9.17) is 0 Å². The van der Waals surface area contributed by atoms with Gasteiger partial charge in [0.2, 0.25) is 5.91 Å². The maximum absolute atomic E-state index is 11.6. The number of aliphatic imine (C=N–C) groups is 1. The van der Waals surface area contributed by atoms with Crippen LogP contribution in [0, 0.1) is 0 Å². The first kappa shape index (κ1) is 23.1. The average Bonchev–Trinajstić information content (AvgIpc) is 2.44. The van der Waals surface area contributed by atoms with Crippen LogP contribution in [-0.2, 0) is 4.79 Å². The number of amides is 1. The number of carbonyl (C=O) groups is 1. The van der Waals surface area contributed by atoms with E-state index in [-0.39, 0.29) is 35.9 Å². The topological polar surface area (TPSA) is 65.5 Å². The quantitative estimate of drug-likeness (QED) is 0.215. The number of guanidine groups is 1. The third-order valence-corrected chi connectivity index (χ3v) is 3.65. The van der Waals surface area contributed by atoms with Crippen LogP contribution in [0.2, 0.25) is 0 Å². The molecule has 0 aliphatic rings. The van der Waals surface area contributed by atoms with Crippen molar-refractivity contribution in [2.45, 2.75) is 45.6 Å². The van der Waals surface area contributed by atoms with Gasteiger partial charge >= 0.3 is 0 Å². The third-order valence-electron chi connectivity index (χ3n) is 2.96. The van der Waals surface area contributed by atoms with Crippen molar-refractivity contribution in [3.8, 4) is 0 Å². The summed E-state index contributed by atoms with van der Waals surface area (Å²) in [5, 5.41) is 9.35. The van der Waals surface area contributed by atoms with Gasteiger partial charge in [0.05, 0.1) is 0 Å². The van der Waals surface area contributed by atoms with E-state index >= 15 is 0 Å². The van der Waals surface area contributed by atoms with Crippen molar-refractivity contribution >= 4 is 47.6 Å². The van der Waals surface area contributed by atoms with E-state index in [0.29, 0.717) is 13.0 Å². The molecule has 1 amide bonds. The standard InChI is InChI=1S/C14H30N4OS.HI/c1-5-12(2)18-13(19)8-10-17-14(15-3)16-9-6-7-11-20-4;/h12H,5-11H2,1-4H3,(H,18,19)(H2,15,16,17);1H. The first-order valence-electron chi connectivity index (χ1n) is 7.36. The predicted octanol–water partition coefficient (Wildman–Crippen LogP) is 2.22. The van der Waals surface area contributed by atoms with Gasteiger partial charge in [0.15, 0.2) is 5.96 Å². The Morgan fingerprint density at radius 2 is 1.90 bits per heavy atom. The van der Waals surface area contributed by atoms with Gasteiger partial charge in [-0.1, -0.05) is 6.92 Å². The van der Waals surface area contributed by atoms with Crippen LogP contribution in [0.3, 0.4) is 0 Å². The van der Waals surface area contributed by atoms with Gasteiger partial charge in [-0.05, 0) is 38.2 Å². The molecule has 0 aromatic carbocycles. The molecule has 1 unspecified atom stereocenters. The van der Waals surface area contributed by atoms with Crippen molar-refractivity contribution in [3.05, 3.63) is 0 Å². The first-order valence-corrected chi connectivity index (χ1v) is 8.76. The lowest BCUT2D eigenvalue weighted by atomic mass is 10.2. The predicted molar refractivity (Wildman–Crippen MR) is 105 cm³/mol. The number of carbonyl (C=O) groups excluding carboxylic acids is 1. The minimum Gasteiger partial charge on any atom is -0.356 e. The molecule has 0 saturated carbocycles. The fourth-order valence-corrected chi connectivity index (χ4v) is 2.04. The number of rotatable bonds is 10. The zero-order chi connectivity index (χ0) is 15.2. The van der Waals surface area contributed by atoms with E-state index in [9.17, 15) is 4.79 Å². The molecule has 5 nitrogen and oxygen atoms in total. The summed E-state index contributed by atoms with van der Waals surface area (Å²) in [5.41, 5.74) is 0. The smallest absolute Gasteiger partial charge is 0.221 e. The van der Waals surface area contributed by atoms with E-state index < -0.39 is 0 Å². The summed E-state index contributed by atoms with van der Waals surface area (Å²) < 4.78 is 0. The summed E-state index contributed by atoms with van der Waals surface area (Å²) in [6.45, 7) is 5.60. The fraction of sp³-hybridized carbons (Fsp3) is 0.857. The van der Waals surface area contributed by atoms with Gasteiger partial charge in [-0.15, -0.1) is 24.0 Å². The zero-order valence-electron chi connectivity index (χ0n) is 13.7. The lowest BCUT2D eigenvalue weighted by Gasteiger charge is -2.13. The second-order valence-corrected chi connectivity index (χ2v) is 5.74. The van der Waals surface area contributed by atoms with Crippen LogP contribution in [-0.4, -0.2) is 50.1 Å². The van der Waals surface area contributed by atoms with Crippen molar-refractivity contribution in [3.63, 3.8) is 0 Å². The van der Waals surface area contributed by atoms with Crippen LogP contribution < -0.4 is 16.0 Å². The van der Waals surface area contributed by atoms with Crippen molar-refractivity contribution in [2.75, 3.05) is 32.1 Å². The maximum atomic E-state index is 11.6. The van der Waals surface area contributed by atoms with Gasteiger partial charge in [0.1, 0.15) is 0 Å². The molecule has 3 N–H and O–H groups in total. The van der Waals surface area contributed by atoms with Crippen LogP contribution in [0.5, 0.6) is 0 Å². The highest BCUT2D eigenvalue weighted by molar-refractivity contribution is 14.0.